The van der Waals surface area contributed by atoms with Gasteiger partial charge in [-0.2, -0.15) is 0 Å². The van der Waals surface area contributed by atoms with E-state index in [1.807, 2.05) is 52.0 Å². The van der Waals surface area contributed by atoms with Crippen molar-refractivity contribution in [2.75, 3.05) is 0 Å². The Balaban J connectivity index is 2.26. The molecule has 20 heavy (non-hydrogen) atoms. The van der Waals surface area contributed by atoms with Gasteiger partial charge in [-0.25, -0.2) is 0 Å². The molecule has 0 unspecified atom stereocenters. The second-order valence-electron chi connectivity index (χ2n) is 5.39. The third-order valence-corrected chi connectivity index (χ3v) is 2.74. The van der Waals surface area contributed by atoms with Gasteiger partial charge in [0.1, 0.15) is 11.5 Å². The van der Waals surface area contributed by atoms with E-state index in [0.717, 1.165) is 22.6 Å². The van der Waals surface area contributed by atoms with Gasteiger partial charge in [0.2, 0.25) is 0 Å². The smallest absolute Gasteiger partial charge is 0.120 e. The molecule has 2 rings (SSSR count). The first-order valence-electron chi connectivity index (χ1n) is 7.08. The van der Waals surface area contributed by atoms with Crippen LogP contribution in [0.25, 0.3) is 11.1 Å². The zero-order valence-corrected chi connectivity index (χ0v) is 12.6. The van der Waals surface area contributed by atoms with Gasteiger partial charge in [-0.1, -0.05) is 24.3 Å². The molecule has 0 aliphatic rings. The van der Waals surface area contributed by atoms with Crippen LogP contribution >= 0.6 is 0 Å². The molecule has 0 fully saturated rings. The summed E-state index contributed by atoms with van der Waals surface area (Å²) in [6.07, 6.45) is 0.363. The van der Waals surface area contributed by atoms with E-state index in [1.54, 1.807) is 0 Å². The van der Waals surface area contributed by atoms with Crippen molar-refractivity contribution in [2.45, 2.75) is 39.9 Å². The molecule has 0 heterocycles. The molecule has 0 aliphatic carbocycles. The Bertz CT molecular complexity index is 507. The first kappa shape index (κ1) is 14.4. The summed E-state index contributed by atoms with van der Waals surface area (Å²) in [4.78, 5) is 0. The van der Waals surface area contributed by atoms with E-state index in [2.05, 4.69) is 24.3 Å². The fourth-order valence-electron chi connectivity index (χ4n) is 2.04. The van der Waals surface area contributed by atoms with Crippen molar-refractivity contribution in [1.29, 1.82) is 0 Å². The quantitative estimate of drug-likeness (QED) is 0.767. The van der Waals surface area contributed by atoms with Crippen LogP contribution in [0.1, 0.15) is 27.7 Å². The summed E-state index contributed by atoms with van der Waals surface area (Å²) in [5, 5.41) is 0. The number of rotatable bonds is 5. The Morgan fingerprint density at radius 1 is 0.650 bits per heavy atom. The summed E-state index contributed by atoms with van der Waals surface area (Å²) in [5.41, 5.74) is 2.27. The molecule has 0 aromatic heterocycles. The molecule has 106 valence electrons. The van der Waals surface area contributed by atoms with E-state index in [-0.39, 0.29) is 12.2 Å². The topological polar surface area (TPSA) is 18.5 Å². The van der Waals surface area contributed by atoms with Gasteiger partial charge in [0, 0.05) is 0 Å². The van der Waals surface area contributed by atoms with Gasteiger partial charge in [0.25, 0.3) is 0 Å². The molecular formula is C18H22O2. The molecule has 0 N–H and O–H groups in total. The highest BCUT2D eigenvalue weighted by molar-refractivity contribution is 5.66. The van der Waals surface area contributed by atoms with Crippen molar-refractivity contribution in [3.8, 4) is 22.6 Å². The third kappa shape index (κ3) is 4.02. The molecule has 0 bridgehead atoms. The van der Waals surface area contributed by atoms with E-state index >= 15 is 0 Å². The van der Waals surface area contributed by atoms with Gasteiger partial charge >= 0.3 is 0 Å². The molecule has 2 nitrogen and oxygen atoms in total. The molecule has 0 aliphatic heterocycles. The highest BCUT2D eigenvalue weighted by atomic mass is 16.5. The summed E-state index contributed by atoms with van der Waals surface area (Å²) in [6, 6.07) is 16.3. The largest absolute Gasteiger partial charge is 0.491 e. The van der Waals surface area contributed by atoms with Gasteiger partial charge < -0.3 is 9.47 Å². The Morgan fingerprint density at radius 2 is 1.05 bits per heavy atom. The number of hydrogen-bond donors (Lipinski definition) is 0. The standard InChI is InChI=1S/C18H22O2/c1-13(2)19-17-9-5-7-15(11-17)16-8-6-10-18(12-16)20-14(3)4/h5-14H,1-4H3. The summed E-state index contributed by atoms with van der Waals surface area (Å²) in [7, 11) is 0. The van der Waals surface area contributed by atoms with Crippen LogP contribution in [0, 0.1) is 0 Å². The minimum absolute atomic E-state index is 0.181. The van der Waals surface area contributed by atoms with E-state index in [9.17, 15) is 0 Å². The van der Waals surface area contributed by atoms with E-state index in [0.29, 0.717) is 0 Å². The van der Waals surface area contributed by atoms with Gasteiger partial charge in [0.15, 0.2) is 0 Å². The van der Waals surface area contributed by atoms with Crippen molar-refractivity contribution in [1.82, 2.24) is 0 Å². The average molecular weight is 270 g/mol. The molecule has 2 aromatic rings. The fraction of sp³-hybridized carbons (Fsp3) is 0.333. The van der Waals surface area contributed by atoms with Crippen LogP contribution in [-0.2, 0) is 0 Å². The van der Waals surface area contributed by atoms with Gasteiger partial charge in [-0.3, -0.25) is 0 Å². The van der Waals surface area contributed by atoms with Gasteiger partial charge in [0.05, 0.1) is 12.2 Å². The predicted molar refractivity (Wildman–Crippen MR) is 83.4 cm³/mol. The molecule has 2 heteroatoms. The minimum Gasteiger partial charge on any atom is -0.491 e. The monoisotopic (exact) mass is 270 g/mol. The Hall–Kier alpha value is -1.96. The number of ether oxygens (including phenoxy) is 2. The SMILES string of the molecule is CC(C)Oc1cccc(-c2cccc(OC(C)C)c2)c1. The minimum atomic E-state index is 0.181. The van der Waals surface area contributed by atoms with Crippen molar-refractivity contribution in [3.05, 3.63) is 48.5 Å². The first-order valence-corrected chi connectivity index (χ1v) is 7.08. The van der Waals surface area contributed by atoms with Crippen LogP contribution < -0.4 is 9.47 Å². The maximum atomic E-state index is 5.74. The van der Waals surface area contributed by atoms with Crippen LogP contribution in [0.5, 0.6) is 11.5 Å². The second-order valence-corrected chi connectivity index (χ2v) is 5.39. The van der Waals surface area contributed by atoms with Crippen LogP contribution in [-0.4, -0.2) is 12.2 Å². The second kappa shape index (κ2) is 6.47. The van der Waals surface area contributed by atoms with Crippen molar-refractivity contribution >= 4 is 0 Å². The van der Waals surface area contributed by atoms with E-state index < -0.39 is 0 Å². The molecule has 0 saturated carbocycles. The summed E-state index contributed by atoms with van der Waals surface area (Å²) < 4.78 is 11.5. The zero-order chi connectivity index (χ0) is 14.5. The number of hydrogen-bond acceptors (Lipinski definition) is 2. The molecule has 0 amide bonds. The van der Waals surface area contributed by atoms with Crippen LogP contribution in [0.4, 0.5) is 0 Å². The highest BCUT2D eigenvalue weighted by Crippen LogP contribution is 2.27. The predicted octanol–water partition coefficient (Wildman–Crippen LogP) is 4.93. The van der Waals surface area contributed by atoms with Crippen LogP contribution in [0.2, 0.25) is 0 Å². The van der Waals surface area contributed by atoms with Crippen molar-refractivity contribution in [3.63, 3.8) is 0 Å². The maximum Gasteiger partial charge on any atom is 0.120 e. The maximum absolute atomic E-state index is 5.74. The van der Waals surface area contributed by atoms with Crippen molar-refractivity contribution in [2.24, 2.45) is 0 Å². The van der Waals surface area contributed by atoms with E-state index in [4.69, 9.17) is 9.47 Å². The fourth-order valence-corrected chi connectivity index (χ4v) is 2.04. The van der Waals surface area contributed by atoms with Gasteiger partial charge in [-0.05, 0) is 63.1 Å². The summed E-state index contributed by atoms with van der Waals surface area (Å²) in [5.74, 6) is 1.79. The van der Waals surface area contributed by atoms with Crippen molar-refractivity contribution < 1.29 is 9.47 Å². The number of benzene rings is 2. The molecule has 0 spiro atoms. The van der Waals surface area contributed by atoms with Crippen LogP contribution in [0.3, 0.4) is 0 Å². The first-order chi connectivity index (χ1) is 9.54. The molecule has 2 aromatic carbocycles. The lowest BCUT2D eigenvalue weighted by Gasteiger charge is -2.13. The molecule has 0 saturated heterocycles. The zero-order valence-electron chi connectivity index (χ0n) is 12.6. The Labute approximate surface area is 121 Å². The summed E-state index contributed by atoms with van der Waals surface area (Å²) >= 11 is 0. The lowest BCUT2D eigenvalue weighted by Crippen LogP contribution is -2.05. The van der Waals surface area contributed by atoms with Crippen LogP contribution in [0.15, 0.2) is 48.5 Å². The third-order valence-electron chi connectivity index (χ3n) is 2.74. The van der Waals surface area contributed by atoms with Gasteiger partial charge in [-0.15, -0.1) is 0 Å². The molecular weight excluding hydrogens is 248 g/mol. The summed E-state index contributed by atoms with van der Waals surface area (Å²) in [6.45, 7) is 8.13. The lowest BCUT2D eigenvalue weighted by molar-refractivity contribution is 0.242. The Morgan fingerprint density at radius 3 is 1.40 bits per heavy atom. The molecule has 0 radical (unpaired) electrons. The van der Waals surface area contributed by atoms with E-state index in [1.165, 1.54) is 0 Å². The Kier molecular flexibility index (Phi) is 4.67. The lowest BCUT2D eigenvalue weighted by atomic mass is 10.1. The average Bonchev–Trinajstić information content (AvgIpc) is 2.38. The highest BCUT2D eigenvalue weighted by Gasteiger charge is 2.04. The normalized spacial score (nSPS) is 10.9. The molecule has 0 atom stereocenters.